The number of nitrogens with one attached hydrogen (secondary N) is 1. The number of nitrogens with zero attached hydrogens (tertiary/aromatic N) is 1. The molecule has 0 aliphatic carbocycles. The molecule has 1 N–H and O–H groups in total. The number of para-hydroxylation sites is 1. The number of aromatic nitrogens is 1. The van der Waals surface area contributed by atoms with E-state index < -0.39 is 0 Å². The molecule has 0 aliphatic rings. The number of carbonyl (C=O) groups is 1. The van der Waals surface area contributed by atoms with Crippen molar-refractivity contribution < 1.29 is 9.53 Å². The molecule has 17 heavy (non-hydrogen) atoms. The zero-order valence-corrected chi connectivity index (χ0v) is 10.1. The lowest BCUT2D eigenvalue weighted by Crippen LogP contribution is -2.10. The molecule has 0 saturated heterocycles. The fourth-order valence-electron chi connectivity index (χ4n) is 1.99. The Labute approximate surface area is 100 Å². The van der Waals surface area contributed by atoms with Crippen LogP contribution in [0, 0.1) is 0 Å². The highest BCUT2D eigenvalue weighted by Crippen LogP contribution is 2.21. The molecule has 1 aromatic carbocycles. The van der Waals surface area contributed by atoms with Gasteiger partial charge in [-0.3, -0.25) is 4.79 Å². The lowest BCUT2D eigenvalue weighted by molar-refractivity contribution is -0.141. The number of fused-ring (bicyclic) bond motifs is 1. The van der Waals surface area contributed by atoms with Crippen LogP contribution in [-0.2, 0) is 22.6 Å². The van der Waals surface area contributed by atoms with Gasteiger partial charge < -0.3 is 14.6 Å². The Hall–Kier alpha value is -1.81. The highest BCUT2D eigenvalue weighted by molar-refractivity contribution is 5.85. The second-order valence-corrected chi connectivity index (χ2v) is 3.91. The van der Waals surface area contributed by atoms with Gasteiger partial charge in [-0.15, -0.1) is 0 Å². The molecule has 0 unspecified atom stereocenters. The predicted octanol–water partition coefficient (Wildman–Crippen LogP) is 1.53. The average molecular weight is 232 g/mol. The summed E-state index contributed by atoms with van der Waals surface area (Å²) in [4.78, 5) is 11.3. The Morgan fingerprint density at radius 2 is 2.18 bits per heavy atom. The van der Waals surface area contributed by atoms with Crippen LogP contribution >= 0.6 is 0 Å². The Balaban J connectivity index is 2.44. The molecule has 0 radical (unpaired) electrons. The fraction of sp³-hybridized carbons (Fsp3) is 0.308. The summed E-state index contributed by atoms with van der Waals surface area (Å²) >= 11 is 0. The molecule has 1 aromatic heterocycles. The molecule has 0 aliphatic heterocycles. The topological polar surface area (TPSA) is 43.3 Å². The van der Waals surface area contributed by atoms with Crippen LogP contribution in [0.3, 0.4) is 0 Å². The maximum Gasteiger partial charge on any atom is 0.325 e. The van der Waals surface area contributed by atoms with Crippen LogP contribution in [0.2, 0.25) is 0 Å². The average Bonchev–Trinajstić information content (AvgIpc) is 2.69. The van der Waals surface area contributed by atoms with Crippen LogP contribution < -0.4 is 5.32 Å². The number of hydrogen-bond donors (Lipinski definition) is 1. The van der Waals surface area contributed by atoms with Crippen molar-refractivity contribution in [1.29, 1.82) is 0 Å². The number of carbonyl (C=O) groups excluding carboxylic acids is 1. The summed E-state index contributed by atoms with van der Waals surface area (Å²) in [5.74, 6) is -0.234. The minimum atomic E-state index is -0.234. The molecule has 4 nitrogen and oxygen atoms in total. The maximum absolute atomic E-state index is 11.3. The van der Waals surface area contributed by atoms with Gasteiger partial charge in [-0.25, -0.2) is 0 Å². The first-order valence-electron chi connectivity index (χ1n) is 5.54. The number of methoxy groups -OCH3 is 1. The monoisotopic (exact) mass is 232 g/mol. The van der Waals surface area contributed by atoms with E-state index >= 15 is 0 Å². The lowest BCUT2D eigenvalue weighted by Gasteiger charge is -2.02. The summed E-state index contributed by atoms with van der Waals surface area (Å²) in [6.45, 7) is 1.04. The summed E-state index contributed by atoms with van der Waals surface area (Å²) in [6.07, 6.45) is 2.00. The standard InChI is InChI=1S/C13H16N2O2/c1-14-7-10-8-15(9-13(16)17-2)12-6-4-3-5-11(10)12/h3-6,8,14H,7,9H2,1-2H3. The van der Waals surface area contributed by atoms with Crippen molar-refractivity contribution in [3.05, 3.63) is 36.0 Å². The number of ether oxygens (including phenoxy) is 1. The molecule has 0 bridgehead atoms. The third-order valence-electron chi connectivity index (χ3n) is 2.77. The number of hydrogen-bond acceptors (Lipinski definition) is 3. The van der Waals surface area contributed by atoms with E-state index in [-0.39, 0.29) is 12.5 Å². The Bertz CT molecular complexity index is 531. The van der Waals surface area contributed by atoms with Crippen molar-refractivity contribution in [2.75, 3.05) is 14.2 Å². The van der Waals surface area contributed by atoms with Crippen LogP contribution in [0.1, 0.15) is 5.56 Å². The highest BCUT2D eigenvalue weighted by atomic mass is 16.5. The van der Waals surface area contributed by atoms with Gasteiger partial charge in [-0.2, -0.15) is 0 Å². The van der Waals surface area contributed by atoms with E-state index in [2.05, 4.69) is 11.4 Å². The van der Waals surface area contributed by atoms with Crippen LogP contribution in [0.15, 0.2) is 30.5 Å². The van der Waals surface area contributed by atoms with Crippen molar-refractivity contribution in [1.82, 2.24) is 9.88 Å². The number of benzene rings is 1. The van der Waals surface area contributed by atoms with Gasteiger partial charge in [0.25, 0.3) is 0 Å². The van der Waals surface area contributed by atoms with Gasteiger partial charge in [0.15, 0.2) is 0 Å². The molecule has 1 heterocycles. The van der Waals surface area contributed by atoms with Crippen molar-refractivity contribution in [3.63, 3.8) is 0 Å². The second kappa shape index (κ2) is 5.01. The first kappa shape index (κ1) is 11.7. The van der Waals surface area contributed by atoms with E-state index in [1.807, 2.05) is 36.0 Å². The van der Waals surface area contributed by atoms with Gasteiger partial charge in [-0.05, 0) is 18.7 Å². The third-order valence-corrected chi connectivity index (χ3v) is 2.77. The van der Waals surface area contributed by atoms with E-state index in [4.69, 9.17) is 4.74 Å². The molecular weight excluding hydrogens is 216 g/mol. The van der Waals surface area contributed by atoms with E-state index in [9.17, 15) is 4.79 Å². The molecular formula is C13H16N2O2. The minimum Gasteiger partial charge on any atom is -0.468 e. The van der Waals surface area contributed by atoms with Crippen LogP contribution in [-0.4, -0.2) is 24.7 Å². The van der Waals surface area contributed by atoms with Crippen LogP contribution in [0.4, 0.5) is 0 Å². The van der Waals surface area contributed by atoms with Gasteiger partial charge in [0, 0.05) is 23.6 Å². The largest absolute Gasteiger partial charge is 0.468 e. The first-order chi connectivity index (χ1) is 8.26. The van der Waals surface area contributed by atoms with Gasteiger partial charge in [0.2, 0.25) is 0 Å². The van der Waals surface area contributed by atoms with Crippen LogP contribution in [0.25, 0.3) is 10.9 Å². The molecule has 0 atom stereocenters. The maximum atomic E-state index is 11.3. The summed E-state index contributed by atoms with van der Waals surface area (Å²) < 4.78 is 6.62. The van der Waals surface area contributed by atoms with E-state index in [0.717, 1.165) is 12.1 Å². The number of rotatable bonds is 4. The minimum absolute atomic E-state index is 0.234. The Morgan fingerprint density at radius 1 is 1.41 bits per heavy atom. The smallest absolute Gasteiger partial charge is 0.325 e. The molecule has 90 valence electrons. The Kier molecular flexibility index (Phi) is 3.44. The summed E-state index contributed by atoms with van der Waals surface area (Å²) in [5.41, 5.74) is 2.25. The summed E-state index contributed by atoms with van der Waals surface area (Å²) in [5, 5.41) is 4.30. The fourth-order valence-corrected chi connectivity index (χ4v) is 1.99. The number of esters is 1. The second-order valence-electron chi connectivity index (χ2n) is 3.91. The molecule has 0 amide bonds. The van der Waals surface area contributed by atoms with Crippen molar-refractivity contribution in [2.24, 2.45) is 0 Å². The van der Waals surface area contributed by atoms with Crippen LogP contribution in [0.5, 0.6) is 0 Å². The van der Waals surface area contributed by atoms with E-state index in [1.165, 1.54) is 18.1 Å². The van der Waals surface area contributed by atoms with Crippen molar-refractivity contribution in [3.8, 4) is 0 Å². The van der Waals surface area contributed by atoms with E-state index in [1.54, 1.807) is 0 Å². The van der Waals surface area contributed by atoms with Gasteiger partial charge >= 0.3 is 5.97 Å². The molecule has 0 fully saturated rings. The predicted molar refractivity (Wildman–Crippen MR) is 66.7 cm³/mol. The quantitative estimate of drug-likeness (QED) is 0.813. The molecule has 4 heteroatoms. The first-order valence-corrected chi connectivity index (χ1v) is 5.54. The molecule has 0 saturated carbocycles. The van der Waals surface area contributed by atoms with Crippen molar-refractivity contribution >= 4 is 16.9 Å². The van der Waals surface area contributed by atoms with Gasteiger partial charge in [0.05, 0.1) is 7.11 Å². The molecule has 0 spiro atoms. The zero-order chi connectivity index (χ0) is 12.3. The van der Waals surface area contributed by atoms with Gasteiger partial charge in [0.1, 0.15) is 6.54 Å². The normalized spacial score (nSPS) is 10.7. The third kappa shape index (κ3) is 2.31. The molecule has 2 rings (SSSR count). The van der Waals surface area contributed by atoms with Gasteiger partial charge in [-0.1, -0.05) is 18.2 Å². The Morgan fingerprint density at radius 3 is 2.88 bits per heavy atom. The highest BCUT2D eigenvalue weighted by Gasteiger charge is 2.10. The zero-order valence-electron chi connectivity index (χ0n) is 10.1. The molecule has 2 aromatic rings. The summed E-state index contributed by atoms with van der Waals surface area (Å²) in [7, 11) is 3.31. The van der Waals surface area contributed by atoms with Crippen molar-refractivity contribution in [2.45, 2.75) is 13.1 Å². The SMILES string of the molecule is CNCc1cn(CC(=O)OC)c2ccccc12. The van der Waals surface area contributed by atoms with E-state index in [0.29, 0.717) is 0 Å². The summed E-state index contributed by atoms with van der Waals surface area (Å²) in [6, 6.07) is 8.05. The lowest BCUT2D eigenvalue weighted by atomic mass is 10.2.